The van der Waals surface area contributed by atoms with Crippen molar-refractivity contribution in [1.82, 2.24) is 4.31 Å². The molecule has 3 rings (SSSR count). The molecule has 0 bridgehead atoms. The van der Waals surface area contributed by atoms with Crippen LogP contribution in [0.1, 0.15) is 36.0 Å². The topological polar surface area (TPSA) is 66.5 Å². The fourth-order valence-electron chi connectivity index (χ4n) is 3.01. The van der Waals surface area contributed by atoms with Crippen LogP contribution in [-0.4, -0.2) is 31.7 Å². The van der Waals surface area contributed by atoms with Crippen molar-refractivity contribution in [2.45, 2.75) is 30.6 Å². The molecule has 0 saturated carbocycles. The monoisotopic (exact) mass is 394 g/mol. The number of sulfonamides is 1. The van der Waals surface area contributed by atoms with Crippen molar-refractivity contribution in [2.75, 3.05) is 18.4 Å². The molecule has 1 saturated heterocycles. The molecule has 0 atom stereocenters. The minimum absolute atomic E-state index is 0.0605. The lowest BCUT2D eigenvalue weighted by atomic mass is 10.2. The third kappa shape index (κ3) is 4.51. The van der Waals surface area contributed by atoms with Gasteiger partial charge in [-0.05, 0) is 49.2 Å². The van der Waals surface area contributed by atoms with Crippen molar-refractivity contribution in [3.63, 3.8) is 0 Å². The number of amides is 1. The molecule has 0 radical (unpaired) electrons. The Labute approximate surface area is 157 Å². The normalized spacial score (nSPS) is 15.9. The third-order valence-corrected chi connectivity index (χ3v) is 6.37. The summed E-state index contributed by atoms with van der Waals surface area (Å²) in [7, 11) is -3.65. The summed E-state index contributed by atoms with van der Waals surface area (Å²) in [4.78, 5) is 12.3. The first-order chi connectivity index (χ1) is 12.9. The maximum absolute atomic E-state index is 13.3. The van der Waals surface area contributed by atoms with Gasteiger partial charge in [0.25, 0.3) is 5.91 Å². The highest BCUT2D eigenvalue weighted by molar-refractivity contribution is 7.89. The Hall–Kier alpha value is -2.32. The zero-order valence-corrected chi connectivity index (χ0v) is 15.4. The molecular formula is C19H20F2N2O3S. The molecule has 27 heavy (non-hydrogen) atoms. The minimum Gasteiger partial charge on any atom is -0.322 e. The van der Waals surface area contributed by atoms with Gasteiger partial charge in [-0.15, -0.1) is 0 Å². The predicted octanol–water partition coefficient (Wildman–Crippen LogP) is 3.78. The van der Waals surface area contributed by atoms with Crippen molar-refractivity contribution in [3.8, 4) is 0 Å². The molecule has 0 aromatic heterocycles. The Kier molecular flexibility index (Phi) is 5.86. The predicted molar refractivity (Wildman–Crippen MR) is 98.0 cm³/mol. The summed E-state index contributed by atoms with van der Waals surface area (Å²) in [6.07, 6.45) is 3.67. The molecule has 1 fully saturated rings. The maximum Gasteiger partial charge on any atom is 0.255 e. The fraction of sp³-hybridized carbons (Fsp3) is 0.316. The summed E-state index contributed by atoms with van der Waals surface area (Å²) < 4.78 is 53.5. The molecule has 2 aromatic carbocycles. The zero-order chi connectivity index (χ0) is 19.4. The van der Waals surface area contributed by atoms with Crippen LogP contribution in [0.15, 0.2) is 47.4 Å². The average Bonchev–Trinajstić information content (AvgIpc) is 2.94. The standard InChI is InChI=1S/C19H20F2N2O3S/c20-17-9-8-14(12-18(17)21)19(24)22-15-6-5-7-16(13-15)27(25,26)23-10-3-1-2-4-11-23/h5-9,12-13H,1-4,10-11H2,(H,22,24). The van der Waals surface area contributed by atoms with E-state index in [1.54, 1.807) is 6.07 Å². The number of halogens is 2. The van der Waals surface area contributed by atoms with E-state index in [1.165, 1.54) is 22.5 Å². The van der Waals surface area contributed by atoms with Gasteiger partial charge in [0.2, 0.25) is 10.0 Å². The van der Waals surface area contributed by atoms with Crippen LogP contribution >= 0.6 is 0 Å². The smallest absolute Gasteiger partial charge is 0.255 e. The van der Waals surface area contributed by atoms with Crippen molar-refractivity contribution < 1.29 is 22.0 Å². The van der Waals surface area contributed by atoms with E-state index in [-0.39, 0.29) is 16.1 Å². The Morgan fingerprint density at radius 1 is 0.926 bits per heavy atom. The molecule has 0 aliphatic carbocycles. The molecule has 0 spiro atoms. The molecule has 1 aliphatic heterocycles. The van der Waals surface area contributed by atoms with Crippen LogP contribution in [0.4, 0.5) is 14.5 Å². The van der Waals surface area contributed by atoms with E-state index < -0.39 is 27.6 Å². The second kappa shape index (κ2) is 8.14. The van der Waals surface area contributed by atoms with E-state index in [0.29, 0.717) is 13.1 Å². The highest BCUT2D eigenvalue weighted by atomic mass is 32.2. The van der Waals surface area contributed by atoms with Crippen molar-refractivity contribution >= 4 is 21.6 Å². The molecule has 5 nitrogen and oxygen atoms in total. The molecule has 1 N–H and O–H groups in total. The lowest BCUT2D eigenvalue weighted by Crippen LogP contribution is -2.32. The summed E-state index contributed by atoms with van der Waals surface area (Å²) in [5.74, 6) is -2.82. The number of carbonyl (C=O) groups is 1. The van der Waals surface area contributed by atoms with E-state index in [4.69, 9.17) is 0 Å². The Morgan fingerprint density at radius 3 is 2.30 bits per heavy atom. The van der Waals surface area contributed by atoms with Gasteiger partial charge in [0.15, 0.2) is 11.6 Å². The van der Waals surface area contributed by atoms with E-state index in [1.807, 2.05) is 0 Å². The zero-order valence-electron chi connectivity index (χ0n) is 14.6. The van der Waals surface area contributed by atoms with Crippen LogP contribution in [0.25, 0.3) is 0 Å². The van der Waals surface area contributed by atoms with Crippen LogP contribution in [-0.2, 0) is 10.0 Å². The van der Waals surface area contributed by atoms with Gasteiger partial charge < -0.3 is 5.32 Å². The number of carbonyl (C=O) groups excluding carboxylic acids is 1. The summed E-state index contributed by atoms with van der Waals surface area (Å²) >= 11 is 0. The van der Waals surface area contributed by atoms with Crippen LogP contribution in [0, 0.1) is 11.6 Å². The summed E-state index contributed by atoms with van der Waals surface area (Å²) in [6.45, 7) is 0.960. The molecular weight excluding hydrogens is 374 g/mol. The van der Waals surface area contributed by atoms with Gasteiger partial charge in [-0.25, -0.2) is 17.2 Å². The molecule has 1 aliphatic rings. The highest BCUT2D eigenvalue weighted by Gasteiger charge is 2.25. The van der Waals surface area contributed by atoms with E-state index >= 15 is 0 Å². The highest BCUT2D eigenvalue weighted by Crippen LogP contribution is 2.23. The quantitative estimate of drug-likeness (QED) is 0.858. The van der Waals surface area contributed by atoms with E-state index in [2.05, 4.69) is 5.32 Å². The summed E-state index contributed by atoms with van der Waals surface area (Å²) in [5.41, 5.74) is 0.204. The second-order valence-electron chi connectivity index (χ2n) is 6.43. The summed E-state index contributed by atoms with van der Waals surface area (Å²) in [5, 5.41) is 2.52. The van der Waals surface area contributed by atoms with E-state index in [0.717, 1.165) is 43.9 Å². The minimum atomic E-state index is -3.65. The largest absolute Gasteiger partial charge is 0.322 e. The maximum atomic E-state index is 13.3. The first-order valence-corrected chi connectivity index (χ1v) is 10.2. The Balaban J connectivity index is 1.80. The molecule has 1 amide bonds. The number of nitrogens with zero attached hydrogens (tertiary/aromatic N) is 1. The number of hydrogen-bond acceptors (Lipinski definition) is 3. The lowest BCUT2D eigenvalue weighted by Gasteiger charge is -2.20. The number of rotatable bonds is 4. The van der Waals surface area contributed by atoms with Gasteiger partial charge in [0, 0.05) is 24.3 Å². The van der Waals surface area contributed by atoms with Crippen LogP contribution in [0.5, 0.6) is 0 Å². The molecule has 144 valence electrons. The Morgan fingerprint density at radius 2 is 1.63 bits per heavy atom. The number of benzene rings is 2. The van der Waals surface area contributed by atoms with Crippen LogP contribution < -0.4 is 5.32 Å². The molecule has 1 heterocycles. The number of anilines is 1. The van der Waals surface area contributed by atoms with Gasteiger partial charge in [-0.3, -0.25) is 4.79 Å². The second-order valence-corrected chi connectivity index (χ2v) is 8.37. The number of nitrogens with one attached hydrogen (secondary N) is 1. The van der Waals surface area contributed by atoms with Crippen LogP contribution in [0.3, 0.4) is 0 Å². The van der Waals surface area contributed by atoms with Gasteiger partial charge in [0.1, 0.15) is 0 Å². The lowest BCUT2D eigenvalue weighted by molar-refractivity contribution is 0.102. The van der Waals surface area contributed by atoms with Gasteiger partial charge in [0.05, 0.1) is 4.90 Å². The summed E-state index contributed by atoms with van der Waals surface area (Å²) in [6, 6.07) is 8.74. The average molecular weight is 394 g/mol. The number of hydrogen-bond donors (Lipinski definition) is 1. The molecule has 8 heteroatoms. The Bertz CT molecular complexity index is 940. The first kappa shape index (κ1) is 19.4. The van der Waals surface area contributed by atoms with Crippen LogP contribution in [0.2, 0.25) is 0 Å². The SMILES string of the molecule is O=C(Nc1cccc(S(=O)(=O)N2CCCCCC2)c1)c1ccc(F)c(F)c1. The van der Waals surface area contributed by atoms with Crippen molar-refractivity contribution in [2.24, 2.45) is 0 Å². The van der Waals surface area contributed by atoms with Gasteiger partial charge in [-0.2, -0.15) is 4.31 Å². The first-order valence-electron chi connectivity index (χ1n) is 8.74. The van der Waals surface area contributed by atoms with E-state index in [9.17, 15) is 22.0 Å². The van der Waals surface area contributed by atoms with Crippen molar-refractivity contribution in [3.05, 3.63) is 59.7 Å². The third-order valence-electron chi connectivity index (χ3n) is 4.48. The van der Waals surface area contributed by atoms with Gasteiger partial charge >= 0.3 is 0 Å². The van der Waals surface area contributed by atoms with Gasteiger partial charge in [-0.1, -0.05) is 18.9 Å². The van der Waals surface area contributed by atoms with Crippen molar-refractivity contribution in [1.29, 1.82) is 0 Å². The molecule has 2 aromatic rings. The molecule has 0 unspecified atom stereocenters. The fourth-order valence-corrected chi connectivity index (χ4v) is 4.57.